The van der Waals surface area contributed by atoms with Crippen molar-refractivity contribution in [2.45, 2.75) is 37.8 Å². The van der Waals surface area contributed by atoms with Crippen molar-refractivity contribution in [2.24, 2.45) is 5.73 Å². The van der Waals surface area contributed by atoms with E-state index in [1.807, 2.05) is 0 Å². The molecular weight excluding hydrogens is 444 g/mol. The molecule has 0 amide bonds. The van der Waals surface area contributed by atoms with Crippen LogP contribution < -0.4 is 10.5 Å². The monoisotopic (exact) mass is 463 g/mol. The molecule has 1 atom stereocenters. The normalized spacial score (nSPS) is 12.8. The predicted molar refractivity (Wildman–Crippen MR) is 100 cm³/mol. The molecule has 5 nitrogen and oxygen atoms in total. The number of carbonyl (C=O) groups excluding carboxylic acids is 2. The molecule has 174 valence electrons. The van der Waals surface area contributed by atoms with Crippen molar-refractivity contribution in [1.82, 2.24) is 0 Å². The maximum atomic E-state index is 12.9. The highest BCUT2D eigenvalue weighted by Crippen LogP contribution is 2.38. The first-order valence-electron chi connectivity index (χ1n) is 9.26. The number of Topliss-reactive ketones (excluding diaryl/α,β-unsaturated/α-hetero) is 1. The maximum absolute atomic E-state index is 12.9. The first-order chi connectivity index (χ1) is 14.9. The van der Waals surface area contributed by atoms with E-state index in [9.17, 15) is 35.9 Å². The summed E-state index contributed by atoms with van der Waals surface area (Å²) in [5.74, 6) is -2.20. The lowest BCUT2D eigenvalue weighted by atomic mass is 10.1. The average molecular weight is 463 g/mol. The lowest BCUT2D eigenvalue weighted by Gasteiger charge is -2.15. The van der Waals surface area contributed by atoms with Crippen LogP contribution in [0.5, 0.6) is 5.75 Å². The van der Waals surface area contributed by atoms with Gasteiger partial charge in [-0.05, 0) is 30.2 Å². The van der Waals surface area contributed by atoms with Crippen LogP contribution in [0.2, 0.25) is 0 Å². The summed E-state index contributed by atoms with van der Waals surface area (Å²) in [5.41, 5.74) is 3.26. The van der Waals surface area contributed by atoms with Gasteiger partial charge in [-0.3, -0.25) is 9.59 Å². The number of alkyl halides is 6. The quantitative estimate of drug-likeness (QED) is 0.437. The SMILES string of the molecule is N[C@@H](CCC(=O)OCc1ccccc1)C(=O)COc1cc(C(F)(F)F)cc(C(F)(F)F)c1. The van der Waals surface area contributed by atoms with E-state index in [-0.39, 0.29) is 25.5 Å². The standard InChI is InChI=1S/C21H19F6NO4/c22-20(23,24)14-8-15(21(25,26)27)10-16(9-14)31-12-18(29)17(28)6-7-19(30)32-11-13-4-2-1-3-5-13/h1-5,8-10,17H,6-7,11-12,28H2/t17-/m0/s1. The van der Waals surface area contributed by atoms with Crippen LogP contribution in [0.3, 0.4) is 0 Å². The third-order valence-corrected chi connectivity index (χ3v) is 4.26. The second kappa shape index (κ2) is 10.5. The third kappa shape index (κ3) is 7.88. The fraction of sp³-hybridized carbons (Fsp3) is 0.333. The number of carbonyl (C=O) groups is 2. The van der Waals surface area contributed by atoms with Gasteiger partial charge in [0.1, 0.15) is 19.0 Å². The van der Waals surface area contributed by atoms with Gasteiger partial charge in [0.2, 0.25) is 0 Å². The Hall–Kier alpha value is -3.08. The molecule has 2 aromatic rings. The van der Waals surface area contributed by atoms with Crippen LogP contribution in [0.25, 0.3) is 0 Å². The topological polar surface area (TPSA) is 78.6 Å². The summed E-state index contributed by atoms with van der Waals surface area (Å²) in [6.07, 6.45) is -10.4. The van der Waals surface area contributed by atoms with Gasteiger partial charge in [0.05, 0.1) is 17.2 Å². The Balaban J connectivity index is 1.89. The number of ketones is 1. The zero-order valence-corrected chi connectivity index (χ0v) is 16.5. The molecule has 0 saturated heterocycles. The molecule has 0 saturated carbocycles. The van der Waals surface area contributed by atoms with Gasteiger partial charge in [-0.1, -0.05) is 30.3 Å². The number of nitrogens with two attached hydrogens (primary N) is 1. The maximum Gasteiger partial charge on any atom is 0.416 e. The van der Waals surface area contributed by atoms with Crippen molar-refractivity contribution in [3.63, 3.8) is 0 Å². The van der Waals surface area contributed by atoms with Crippen molar-refractivity contribution in [3.8, 4) is 5.75 Å². The fourth-order valence-electron chi connectivity index (χ4n) is 2.52. The molecule has 0 radical (unpaired) electrons. The Morgan fingerprint density at radius 2 is 1.47 bits per heavy atom. The van der Waals surface area contributed by atoms with Crippen molar-refractivity contribution in [1.29, 1.82) is 0 Å². The van der Waals surface area contributed by atoms with Crippen LogP contribution in [0.4, 0.5) is 26.3 Å². The minimum absolute atomic E-state index is 0.0308. The van der Waals surface area contributed by atoms with Gasteiger partial charge in [-0.2, -0.15) is 26.3 Å². The Kier molecular flexibility index (Phi) is 8.25. The van der Waals surface area contributed by atoms with Gasteiger partial charge < -0.3 is 15.2 Å². The number of benzene rings is 2. The Labute approximate surface area is 179 Å². The molecule has 0 aliphatic heterocycles. The highest BCUT2D eigenvalue weighted by Gasteiger charge is 2.37. The molecule has 0 fully saturated rings. The second-order valence-electron chi connectivity index (χ2n) is 6.79. The molecule has 0 heterocycles. The molecule has 0 aromatic heterocycles. The number of rotatable bonds is 9. The van der Waals surface area contributed by atoms with Crippen molar-refractivity contribution in [3.05, 3.63) is 65.2 Å². The van der Waals surface area contributed by atoms with Gasteiger partial charge in [0.25, 0.3) is 0 Å². The van der Waals surface area contributed by atoms with Gasteiger partial charge in [-0.15, -0.1) is 0 Å². The van der Waals surface area contributed by atoms with Crippen LogP contribution in [0.15, 0.2) is 48.5 Å². The first kappa shape index (κ1) is 25.2. The predicted octanol–water partition coefficient (Wildman–Crippen LogP) is 4.52. The van der Waals surface area contributed by atoms with Gasteiger partial charge in [0.15, 0.2) is 5.78 Å². The Bertz CT molecular complexity index is 896. The Morgan fingerprint density at radius 1 is 0.906 bits per heavy atom. The van der Waals surface area contributed by atoms with Crippen LogP contribution >= 0.6 is 0 Å². The molecule has 2 aromatic carbocycles. The molecule has 0 bridgehead atoms. The smallest absolute Gasteiger partial charge is 0.416 e. The van der Waals surface area contributed by atoms with E-state index >= 15 is 0 Å². The third-order valence-electron chi connectivity index (χ3n) is 4.26. The van der Waals surface area contributed by atoms with E-state index in [1.165, 1.54) is 0 Å². The van der Waals surface area contributed by atoms with Crippen molar-refractivity contribution < 1.29 is 45.4 Å². The molecule has 0 aliphatic carbocycles. The molecule has 11 heteroatoms. The van der Waals surface area contributed by atoms with Crippen LogP contribution in [0.1, 0.15) is 29.5 Å². The molecule has 32 heavy (non-hydrogen) atoms. The lowest BCUT2D eigenvalue weighted by molar-refractivity contribution is -0.145. The summed E-state index contributed by atoms with van der Waals surface area (Å²) in [6, 6.07) is 8.26. The van der Waals surface area contributed by atoms with E-state index in [0.29, 0.717) is 12.1 Å². The summed E-state index contributed by atoms with van der Waals surface area (Å²) >= 11 is 0. The van der Waals surface area contributed by atoms with Gasteiger partial charge in [0, 0.05) is 6.42 Å². The van der Waals surface area contributed by atoms with Crippen LogP contribution in [0, 0.1) is 0 Å². The minimum Gasteiger partial charge on any atom is -0.486 e. The zero-order valence-electron chi connectivity index (χ0n) is 16.5. The largest absolute Gasteiger partial charge is 0.486 e. The average Bonchev–Trinajstić information content (AvgIpc) is 2.73. The van der Waals surface area contributed by atoms with E-state index in [4.69, 9.17) is 15.2 Å². The van der Waals surface area contributed by atoms with Crippen LogP contribution in [-0.4, -0.2) is 24.4 Å². The van der Waals surface area contributed by atoms with Gasteiger partial charge >= 0.3 is 18.3 Å². The molecule has 0 aliphatic rings. The number of hydrogen-bond acceptors (Lipinski definition) is 5. The molecule has 2 rings (SSSR count). The number of halogens is 6. The van der Waals surface area contributed by atoms with Crippen molar-refractivity contribution in [2.75, 3.05) is 6.61 Å². The minimum atomic E-state index is -5.04. The van der Waals surface area contributed by atoms with Crippen molar-refractivity contribution >= 4 is 11.8 Å². The second-order valence-corrected chi connectivity index (χ2v) is 6.79. The summed E-state index contributed by atoms with van der Waals surface area (Å²) < 4.78 is 87.0. The number of esters is 1. The fourth-order valence-corrected chi connectivity index (χ4v) is 2.52. The zero-order chi connectivity index (χ0) is 23.9. The Morgan fingerprint density at radius 3 is 2.00 bits per heavy atom. The number of ether oxygens (including phenoxy) is 2. The van der Waals surface area contributed by atoms with Gasteiger partial charge in [-0.25, -0.2) is 0 Å². The molecule has 0 spiro atoms. The molecule has 0 unspecified atom stereocenters. The summed E-state index contributed by atoms with van der Waals surface area (Å²) in [5, 5.41) is 0. The first-order valence-corrected chi connectivity index (χ1v) is 9.26. The summed E-state index contributed by atoms with van der Waals surface area (Å²) in [7, 11) is 0. The highest BCUT2D eigenvalue weighted by molar-refractivity contribution is 5.85. The van der Waals surface area contributed by atoms with E-state index < -0.39 is 53.6 Å². The number of hydrogen-bond donors (Lipinski definition) is 1. The summed E-state index contributed by atoms with van der Waals surface area (Å²) in [4.78, 5) is 23.8. The van der Waals surface area contributed by atoms with E-state index in [2.05, 4.69) is 0 Å². The molecular formula is C21H19F6NO4. The highest BCUT2D eigenvalue weighted by atomic mass is 19.4. The summed E-state index contributed by atoms with van der Waals surface area (Å²) in [6.45, 7) is -0.831. The molecule has 2 N–H and O–H groups in total. The van der Waals surface area contributed by atoms with E-state index in [1.54, 1.807) is 30.3 Å². The van der Waals surface area contributed by atoms with E-state index in [0.717, 1.165) is 5.56 Å². The lowest BCUT2D eigenvalue weighted by Crippen LogP contribution is -2.35. The van der Waals surface area contributed by atoms with Crippen LogP contribution in [-0.2, 0) is 33.3 Å².